The van der Waals surface area contributed by atoms with E-state index in [9.17, 15) is 9.18 Å². The van der Waals surface area contributed by atoms with Crippen molar-refractivity contribution in [2.24, 2.45) is 0 Å². The Kier molecular flexibility index (Phi) is 6.80. The maximum Gasteiger partial charge on any atom is 0.332 e. The van der Waals surface area contributed by atoms with Crippen LogP contribution in [0.3, 0.4) is 0 Å². The molecule has 1 atom stereocenters. The summed E-state index contributed by atoms with van der Waals surface area (Å²) in [5.41, 5.74) is 1.79. The smallest absolute Gasteiger partial charge is 0.332 e. The third-order valence-corrected chi connectivity index (χ3v) is 5.23. The number of para-hydroxylation sites is 1. The predicted octanol–water partition coefficient (Wildman–Crippen LogP) is 6.81. The largest absolute Gasteiger partial charge is 0.348 e. The van der Waals surface area contributed by atoms with Gasteiger partial charge in [0.15, 0.2) is 0 Å². The highest BCUT2D eigenvalue weighted by Gasteiger charge is 2.22. The fraction of sp³-hybridized carbons (Fsp3) is 0.0800. The standard InChI is InChI=1S/C25H21ClFN5O/c1-17(18-8-3-2-4-9-18)29-24-28-15-14-23(31-24)32(20-11-7-10-19(27)16-20)25(33)30-22-13-6-5-12-21(22)26/h2-17H,1H3,(H,30,33)(H,28,29,31)/t17-/m0/s1. The van der Waals surface area contributed by atoms with Gasteiger partial charge in [-0.2, -0.15) is 4.98 Å². The third kappa shape index (κ3) is 5.45. The van der Waals surface area contributed by atoms with Crippen LogP contribution in [0.5, 0.6) is 0 Å². The van der Waals surface area contributed by atoms with Gasteiger partial charge in [-0.15, -0.1) is 0 Å². The fourth-order valence-electron chi connectivity index (χ4n) is 3.26. The number of anilines is 4. The van der Waals surface area contributed by atoms with Gasteiger partial charge in [0.1, 0.15) is 11.6 Å². The number of urea groups is 1. The number of benzene rings is 3. The highest BCUT2D eigenvalue weighted by atomic mass is 35.5. The summed E-state index contributed by atoms with van der Waals surface area (Å²) in [6, 6.07) is 23.4. The summed E-state index contributed by atoms with van der Waals surface area (Å²) >= 11 is 6.20. The van der Waals surface area contributed by atoms with E-state index in [1.165, 1.54) is 29.3 Å². The number of nitrogens with zero attached hydrogens (tertiary/aromatic N) is 3. The number of aromatic nitrogens is 2. The van der Waals surface area contributed by atoms with Gasteiger partial charge in [0, 0.05) is 12.3 Å². The molecule has 0 saturated carbocycles. The van der Waals surface area contributed by atoms with E-state index in [0.717, 1.165) is 5.56 Å². The lowest BCUT2D eigenvalue weighted by Crippen LogP contribution is -2.32. The molecule has 8 heteroatoms. The number of amides is 2. The van der Waals surface area contributed by atoms with Crippen LogP contribution in [0.25, 0.3) is 0 Å². The molecular formula is C25H21ClFN5O. The number of rotatable bonds is 6. The monoisotopic (exact) mass is 461 g/mol. The van der Waals surface area contributed by atoms with E-state index in [1.54, 1.807) is 36.4 Å². The Labute approximate surface area is 196 Å². The summed E-state index contributed by atoms with van der Waals surface area (Å²) in [6.07, 6.45) is 1.54. The van der Waals surface area contributed by atoms with Crippen molar-refractivity contribution in [1.82, 2.24) is 9.97 Å². The van der Waals surface area contributed by atoms with Crippen molar-refractivity contribution in [1.29, 1.82) is 0 Å². The second kappa shape index (κ2) is 10.1. The quantitative estimate of drug-likeness (QED) is 0.331. The van der Waals surface area contributed by atoms with Crippen LogP contribution in [-0.2, 0) is 0 Å². The number of carbonyl (C=O) groups is 1. The minimum atomic E-state index is -0.547. The number of carbonyl (C=O) groups excluding carboxylic acids is 1. The molecule has 2 N–H and O–H groups in total. The van der Waals surface area contributed by atoms with Gasteiger partial charge in [0.2, 0.25) is 5.95 Å². The first-order chi connectivity index (χ1) is 16.0. The second-order valence-corrected chi connectivity index (χ2v) is 7.65. The van der Waals surface area contributed by atoms with Crippen molar-refractivity contribution >= 4 is 40.8 Å². The minimum absolute atomic E-state index is 0.0685. The van der Waals surface area contributed by atoms with Crippen LogP contribution in [0.15, 0.2) is 91.1 Å². The van der Waals surface area contributed by atoms with Gasteiger partial charge < -0.3 is 10.6 Å². The van der Waals surface area contributed by atoms with Crippen LogP contribution in [0.2, 0.25) is 5.02 Å². The maximum absolute atomic E-state index is 14.0. The highest BCUT2D eigenvalue weighted by molar-refractivity contribution is 6.33. The topological polar surface area (TPSA) is 70.2 Å². The summed E-state index contributed by atoms with van der Waals surface area (Å²) < 4.78 is 14.0. The zero-order valence-corrected chi connectivity index (χ0v) is 18.5. The molecular weight excluding hydrogens is 441 g/mol. The van der Waals surface area contributed by atoms with Gasteiger partial charge in [-0.05, 0) is 42.8 Å². The highest BCUT2D eigenvalue weighted by Crippen LogP contribution is 2.28. The fourth-order valence-corrected chi connectivity index (χ4v) is 3.45. The maximum atomic E-state index is 14.0. The minimum Gasteiger partial charge on any atom is -0.348 e. The number of hydrogen-bond acceptors (Lipinski definition) is 4. The lowest BCUT2D eigenvalue weighted by atomic mass is 10.1. The average Bonchev–Trinajstić information content (AvgIpc) is 2.82. The molecule has 33 heavy (non-hydrogen) atoms. The molecule has 0 aliphatic carbocycles. The molecule has 3 aromatic carbocycles. The van der Waals surface area contributed by atoms with Crippen molar-refractivity contribution in [3.05, 3.63) is 108 Å². The van der Waals surface area contributed by atoms with Crippen molar-refractivity contribution in [2.45, 2.75) is 13.0 Å². The van der Waals surface area contributed by atoms with Crippen LogP contribution in [-0.4, -0.2) is 16.0 Å². The van der Waals surface area contributed by atoms with E-state index in [-0.39, 0.29) is 11.9 Å². The first-order valence-corrected chi connectivity index (χ1v) is 10.6. The SMILES string of the molecule is C[C@H](Nc1nccc(N(C(=O)Nc2ccccc2Cl)c2cccc(F)c2)n1)c1ccccc1. The van der Waals surface area contributed by atoms with Crippen LogP contribution in [0.4, 0.5) is 32.3 Å². The second-order valence-electron chi connectivity index (χ2n) is 7.24. The molecule has 0 aliphatic rings. The van der Waals surface area contributed by atoms with Crippen molar-refractivity contribution in [3.63, 3.8) is 0 Å². The molecule has 0 bridgehead atoms. The summed E-state index contributed by atoms with van der Waals surface area (Å²) in [6.45, 7) is 1.99. The Morgan fingerprint density at radius 1 is 1.00 bits per heavy atom. The van der Waals surface area contributed by atoms with Gasteiger partial charge in [-0.3, -0.25) is 0 Å². The third-order valence-electron chi connectivity index (χ3n) is 4.90. The molecule has 1 heterocycles. The molecule has 1 aromatic heterocycles. The molecule has 4 rings (SSSR count). The van der Waals surface area contributed by atoms with Gasteiger partial charge in [-0.25, -0.2) is 19.1 Å². The summed E-state index contributed by atoms with van der Waals surface area (Å²) in [5, 5.41) is 6.38. The van der Waals surface area contributed by atoms with E-state index < -0.39 is 11.8 Å². The summed E-state index contributed by atoms with van der Waals surface area (Å²) in [5.74, 6) is 0.117. The normalized spacial score (nSPS) is 11.5. The molecule has 166 valence electrons. The molecule has 6 nitrogen and oxygen atoms in total. The molecule has 0 radical (unpaired) electrons. The number of halogens is 2. The van der Waals surface area contributed by atoms with E-state index in [4.69, 9.17) is 11.6 Å². The van der Waals surface area contributed by atoms with E-state index in [2.05, 4.69) is 20.6 Å². The predicted molar refractivity (Wildman–Crippen MR) is 130 cm³/mol. The lowest BCUT2D eigenvalue weighted by Gasteiger charge is -2.23. The average molecular weight is 462 g/mol. The number of nitrogens with one attached hydrogen (secondary N) is 2. The van der Waals surface area contributed by atoms with Crippen molar-refractivity contribution in [3.8, 4) is 0 Å². The van der Waals surface area contributed by atoms with Gasteiger partial charge in [0.25, 0.3) is 0 Å². The molecule has 0 spiro atoms. The Balaban J connectivity index is 1.66. The molecule has 0 saturated heterocycles. The molecule has 0 fully saturated rings. The summed E-state index contributed by atoms with van der Waals surface area (Å²) in [4.78, 5) is 23.4. The Morgan fingerprint density at radius 2 is 1.76 bits per heavy atom. The van der Waals surface area contributed by atoms with Gasteiger partial charge in [-0.1, -0.05) is 60.1 Å². The lowest BCUT2D eigenvalue weighted by molar-refractivity contribution is 0.259. The Bertz CT molecular complexity index is 1250. The first kappa shape index (κ1) is 22.2. The van der Waals surface area contributed by atoms with E-state index in [0.29, 0.717) is 22.3 Å². The molecule has 4 aromatic rings. The zero-order chi connectivity index (χ0) is 23.2. The Hall–Kier alpha value is -3.97. The molecule has 0 aliphatic heterocycles. The van der Waals surface area contributed by atoms with Gasteiger partial charge >= 0.3 is 6.03 Å². The number of hydrogen-bond donors (Lipinski definition) is 2. The van der Waals surface area contributed by atoms with Crippen LogP contribution in [0.1, 0.15) is 18.5 Å². The van der Waals surface area contributed by atoms with E-state index in [1.807, 2.05) is 37.3 Å². The van der Waals surface area contributed by atoms with Crippen LogP contribution >= 0.6 is 11.6 Å². The van der Waals surface area contributed by atoms with Crippen LogP contribution < -0.4 is 15.5 Å². The van der Waals surface area contributed by atoms with Crippen molar-refractivity contribution in [2.75, 3.05) is 15.5 Å². The van der Waals surface area contributed by atoms with Crippen molar-refractivity contribution < 1.29 is 9.18 Å². The Morgan fingerprint density at radius 3 is 2.52 bits per heavy atom. The zero-order valence-electron chi connectivity index (χ0n) is 17.7. The van der Waals surface area contributed by atoms with Crippen LogP contribution in [0, 0.1) is 5.82 Å². The molecule has 2 amide bonds. The van der Waals surface area contributed by atoms with Gasteiger partial charge in [0.05, 0.1) is 22.4 Å². The first-order valence-electron chi connectivity index (χ1n) is 10.3. The summed E-state index contributed by atoms with van der Waals surface area (Å²) in [7, 11) is 0. The molecule has 0 unspecified atom stereocenters. The van der Waals surface area contributed by atoms with E-state index >= 15 is 0 Å².